The molecule has 1 saturated heterocycles. The van der Waals surface area contributed by atoms with E-state index in [1.165, 1.54) is 5.56 Å². The van der Waals surface area contributed by atoms with E-state index in [9.17, 15) is 14.4 Å². The zero-order chi connectivity index (χ0) is 17.7. The number of carbonyl (C=O) groups excluding carboxylic acids is 3. The van der Waals surface area contributed by atoms with E-state index in [1.54, 1.807) is 12.0 Å². The Hall–Kier alpha value is -2.41. The number of rotatable bonds is 6. The molecule has 7 heteroatoms. The van der Waals surface area contributed by atoms with E-state index < -0.39 is 18.0 Å². The van der Waals surface area contributed by atoms with Gasteiger partial charge >= 0.3 is 6.03 Å². The number of amides is 4. The Labute approximate surface area is 141 Å². The monoisotopic (exact) mass is 333 g/mol. The Kier molecular flexibility index (Phi) is 5.92. The first-order valence-electron chi connectivity index (χ1n) is 7.85. The molecule has 1 aliphatic heterocycles. The van der Waals surface area contributed by atoms with Crippen molar-refractivity contribution in [1.29, 1.82) is 0 Å². The summed E-state index contributed by atoms with van der Waals surface area (Å²) in [6, 6.07) is 4.55. The number of carbonyl (C=O) groups is 3. The van der Waals surface area contributed by atoms with Gasteiger partial charge in [0.1, 0.15) is 6.04 Å². The fourth-order valence-corrected chi connectivity index (χ4v) is 2.57. The van der Waals surface area contributed by atoms with Crippen molar-refractivity contribution in [2.24, 2.45) is 0 Å². The van der Waals surface area contributed by atoms with E-state index in [0.717, 1.165) is 11.1 Å². The van der Waals surface area contributed by atoms with Crippen LogP contribution in [0.5, 0.6) is 0 Å². The first-order valence-corrected chi connectivity index (χ1v) is 7.85. The largest absolute Gasteiger partial charge is 0.383 e. The number of ether oxygens (including phenoxy) is 1. The Bertz CT molecular complexity index is 629. The Morgan fingerprint density at radius 3 is 2.67 bits per heavy atom. The van der Waals surface area contributed by atoms with E-state index >= 15 is 0 Å². The van der Waals surface area contributed by atoms with Crippen LogP contribution in [0.4, 0.5) is 4.79 Å². The summed E-state index contributed by atoms with van der Waals surface area (Å²) < 4.78 is 5.07. The maximum Gasteiger partial charge on any atom is 0.322 e. The van der Waals surface area contributed by atoms with Crippen molar-refractivity contribution in [3.05, 3.63) is 34.9 Å². The summed E-state index contributed by atoms with van der Waals surface area (Å²) in [5.74, 6) is -0.733. The number of nitrogens with zero attached hydrogens (tertiary/aromatic N) is 1. The van der Waals surface area contributed by atoms with Gasteiger partial charge in [0.15, 0.2) is 0 Å². The summed E-state index contributed by atoms with van der Waals surface area (Å²) in [4.78, 5) is 37.3. The first-order chi connectivity index (χ1) is 11.4. The third kappa shape index (κ3) is 4.55. The van der Waals surface area contributed by atoms with Crippen LogP contribution in [0.2, 0.25) is 0 Å². The molecule has 0 bridgehead atoms. The van der Waals surface area contributed by atoms with Crippen LogP contribution in [-0.2, 0) is 20.9 Å². The van der Waals surface area contributed by atoms with Crippen molar-refractivity contribution in [2.45, 2.75) is 32.9 Å². The fraction of sp³-hybridized carbons (Fsp3) is 0.471. The molecule has 1 fully saturated rings. The highest BCUT2D eigenvalue weighted by Crippen LogP contribution is 2.14. The molecule has 2 N–H and O–H groups in total. The van der Waals surface area contributed by atoms with Crippen LogP contribution in [0.1, 0.15) is 23.1 Å². The molecule has 0 spiro atoms. The van der Waals surface area contributed by atoms with Crippen LogP contribution in [0, 0.1) is 13.8 Å². The van der Waals surface area contributed by atoms with Crippen molar-refractivity contribution in [1.82, 2.24) is 15.5 Å². The number of benzene rings is 1. The summed E-state index contributed by atoms with van der Waals surface area (Å²) >= 11 is 0. The van der Waals surface area contributed by atoms with Crippen LogP contribution >= 0.6 is 0 Å². The van der Waals surface area contributed by atoms with Gasteiger partial charge in [0, 0.05) is 20.2 Å². The molecule has 7 nitrogen and oxygen atoms in total. The number of imide groups is 1. The third-order valence-electron chi connectivity index (χ3n) is 4.07. The molecule has 0 unspecified atom stereocenters. The second-order valence-electron chi connectivity index (χ2n) is 5.95. The fourth-order valence-electron chi connectivity index (χ4n) is 2.57. The average Bonchev–Trinajstić information content (AvgIpc) is 2.53. The molecule has 0 aromatic heterocycles. The molecule has 24 heavy (non-hydrogen) atoms. The minimum Gasteiger partial charge on any atom is -0.383 e. The number of hydrogen-bond acceptors (Lipinski definition) is 4. The normalized spacial score (nSPS) is 17.2. The topological polar surface area (TPSA) is 87.7 Å². The Morgan fingerprint density at radius 2 is 2.04 bits per heavy atom. The van der Waals surface area contributed by atoms with Gasteiger partial charge < -0.3 is 15.0 Å². The quantitative estimate of drug-likeness (QED) is 0.809. The van der Waals surface area contributed by atoms with E-state index in [4.69, 9.17) is 4.74 Å². The van der Waals surface area contributed by atoms with Crippen LogP contribution in [0.3, 0.4) is 0 Å². The van der Waals surface area contributed by atoms with Crippen molar-refractivity contribution in [2.75, 3.05) is 20.3 Å². The first kappa shape index (κ1) is 17.9. The molecule has 4 amide bonds. The molecule has 130 valence electrons. The van der Waals surface area contributed by atoms with E-state index in [-0.39, 0.29) is 12.3 Å². The SMILES string of the molecule is COCCN(Cc1ccc(C)c(C)c1)C(=O)[C@@H]1CC(=O)NC(=O)N1. The number of aryl methyl sites for hydroxylation is 2. The Morgan fingerprint density at radius 1 is 1.29 bits per heavy atom. The lowest BCUT2D eigenvalue weighted by Gasteiger charge is -2.29. The lowest BCUT2D eigenvalue weighted by atomic mass is 10.1. The van der Waals surface area contributed by atoms with Gasteiger partial charge in [-0.1, -0.05) is 18.2 Å². The van der Waals surface area contributed by atoms with E-state index in [0.29, 0.717) is 19.7 Å². The molecule has 0 radical (unpaired) electrons. The number of hydrogen-bond donors (Lipinski definition) is 2. The van der Waals surface area contributed by atoms with Crippen molar-refractivity contribution in [3.63, 3.8) is 0 Å². The molecular formula is C17H23N3O4. The van der Waals surface area contributed by atoms with Gasteiger partial charge in [-0.3, -0.25) is 14.9 Å². The molecular weight excluding hydrogens is 310 g/mol. The molecule has 1 aliphatic rings. The van der Waals surface area contributed by atoms with E-state index in [2.05, 4.69) is 10.6 Å². The highest BCUT2D eigenvalue weighted by molar-refractivity contribution is 6.02. The highest BCUT2D eigenvalue weighted by Gasteiger charge is 2.32. The van der Waals surface area contributed by atoms with Crippen molar-refractivity contribution >= 4 is 17.8 Å². The summed E-state index contributed by atoms with van der Waals surface area (Å²) in [5, 5.41) is 4.63. The van der Waals surface area contributed by atoms with Crippen LogP contribution < -0.4 is 10.6 Å². The van der Waals surface area contributed by atoms with Crippen molar-refractivity contribution in [3.8, 4) is 0 Å². The van der Waals surface area contributed by atoms with Gasteiger partial charge in [-0.2, -0.15) is 0 Å². The lowest BCUT2D eigenvalue weighted by molar-refractivity contribution is -0.137. The maximum atomic E-state index is 12.7. The lowest BCUT2D eigenvalue weighted by Crippen LogP contribution is -2.58. The van der Waals surface area contributed by atoms with Crippen molar-refractivity contribution < 1.29 is 19.1 Å². The summed E-state index contributed by atoms with van der Waals surface area (Å²) in [6.45, 7) is 5.21. The summed E-state index contributed by atoms with van der Waals surface area (Å²) in [5.41, 5.74) is 3.33. The predicted molar refractivity (Wildman–Crippen MR) is 88.3 cm³/mol. The highest BCUT2D eigenvalue weighted by atomic mass is 16.5. The van der Waals surface area contributed by atoms with Gasteiger partial charge in [-0.25, -0.2) is 4.79 Å². The molecule has 1 aromatic rings. The zero-order valence-electron chi connectivity index (χ0n) is 14.2. The van der Waals surface area contributed by atoms with Crippen LogP contribution in [-0.4, -0.2) is 49.0 Å². The maximum absolute atomic E-state index is 12.7. The van der Waals surface area contributed by atoms with Gasteiger partial charge in [-0.05, 0) is 30.5 Å². The summed E-state index contributed by atoms with van der Waals surface area (Å²) in [6.07, 6.45) is -0.0546. The summed E-state index contributed by atoms with van der Waals surface area (Å²) in [7, 11) is 1.56. The van der Waals surface area contributed by atoms with E-state index in [1.807, 2.05) is 32.0 Å². The molecule has 1 heterocycles. The minimum absolute atomic E-state index is 0.0546. The molecule has 1 aromatic carbocycles. The minimum atomic E-state index is -0.838. The zero-order valence-corrected chi connectivity index (χ0v) is 14.2. The van der Waals surface area contributed by atoms with Crippen LogP contribution in [0.15, 0.2) is 18.2 Å². The van der Waals surface area contributed by atoms with Gasteiger partial charge in [0.2, 0.25) is 11.8 Å². The van der Waals surface area contributed by atoms with Gasteiger partial charge in [0.05, 0.1) is 13.0 Å². The molecule has 2 rings (SSSR count). The van der Waals surface area contributed by atoms with Gasteiger partial charge in [0.25, 0.3) is 0 Å². The number of urea groups is 1. The smallest absolute Gasteiger partial charge is 0.322 e. The third-order valence-corrected chi connectivity index (χ3v) is 4.07. The average molecular weight is 333 g/mol. The predicted octanol–water partition coefficient (Wildman–Crippen LogP) is 0.877. The second-order valence-corrected chi connectivity index (χ2v) is 5.95. The van der Waals surface area contributed by atoms with Crippen LogP contribution in [0.25, 0.3) is 0 Å². The molecule has 0 aliphatic carbocycles. The number of nitrogens with one attached hydrogen (secondary N) is 2. The second kappa shape index (κ2) is 7.92. The number of methoxy groups -OCH3 is 1. The molecule has 0 saturated carbocycles. The molecule has 1 atom stereocenters. The standard InChI is InChI=1S/C17H23N3O4/c1-11-4-5-13(8-12(11)2)10-20(6-7-24-3)16(22)14-9-15(21)19-17(23)18-14/h4-5,8,14H,6-7,9-10H2,1-3H3,(H2,18,19,21,23)/t14-/m0/s1. The van der Waals surface area contributed by atoms with Gasteiger partial charge in [-0.15, -0.1) is 0 Å². The Balaban J connectivity index is 2.14.